The van der Waals surface area contributed by atoms with E-state index in [0.29, 0.717) is 29.4 Å². The molecule has 0 unspecified atom stereocenters. The smallest absolute Gasteiger partial charge is 0.254 e. The molecule has 0 bridgehead atoms. The van der Waals surface area contributed by atoms with Crippen LogP contribution < -0.4 is 11.1 Å². The third-order valence-corrected chi connectivity index (χ3v) is 4.36. The Morgan fingerprint density at radius 3 is 2.96 bits per heavy atom. The van der Waals surface area contributed by atoms with E-state index < -0.39 is 0 Å². The van der Waals surface area contributed by atoms with Crippen LogP contribution in [0.25, 0.3) is 0 Å². The second-order valence-electron chi connectivity index (χ2n) is 6.28. The van der Waals surface area contributed by atoms with Crippen LogP contribution in [0.3, 0.4) is 0 Å². The topological polar surface area (TPSA) is 90.1 Å². The molecule has 26 heavy (non-hydrogen) atoms. The number of benzene rings is 1. The summed E-state index contributed by atoms with van der Waals surface area (Å²) >= 11 is 0. The van der Waals surface area contributed by atoms with E-state index in [0.717, 1.165) is 37.2 Å². The van der Waals surface area contributed by atoms with Crippen LogP contribution in [0.5, 0.6) is 0 Å². The van der Waals surface area contributed by atoms with Gasteiger partial charge in [0, 0.05) is 43.1 Å². The minimum absolute atomic E-state index is 0.199. The van der Waals surface area contributed by atoms with Gasteiger partial charge in [0.2, 0.25) is 0 Å². The summed E-state index contributed by atoms with van der Waals surface area (Å²) in [6, 6.07) is 5.65. The molecule has 1 aromatic heterocycles. The van der Waals surface area contributed by atoms with Crippen molar-refractivity contribution < 1.29 is 9.53 Å². The largest absolute Gasteiger partial charge is 0.398 e. The summed E-state index contributed by atoms with van der Waals surface area (Å²) in [5.74, 6) is 6.63. The predicted molar refractivity (Wildman–Crippen MR) is 99.2 cm³/mol. The number of nitrogens with two attached hydrogens (primary N) is 1. The highest BCUT2D eigenvalue weighted by Crippen LogP contribution is 2.16. The molecule has 1 aromatic carbocycles. The van der Waals surface area contributed by atoms with Gasteiger partial charge in [0.15, 0.2) is 0 Å². The molecule has 6 heteroatoms. The number of ether oxygens (including phenoxy) is 1. The molecule has 0 radical (unpaired) electrons. The number of nitrogens with one attached hydrogen (secondary N) is 1. The summed E-state index contributed by atoms with van der Waals surface area (Å²) in [6.45, 7) is 3.70. The molecule has 2 aromatic rings. The lowest BCUT2D eigenvalue weighted by Crippen LogP contribution is -2.24. The number of hydrogen-bond donors (Lipinski definition) is 2. The maximum atomic E-state index is 12.3. The third kappa shape index (κ3) is 4.58. The Balaban J connectivity index is 1.66. The Morgan fingerprint density at radius 2 is 2.19 bits per heavy atom. The predicted octanol–water partition coefficient (Wildman–Crippen LogP) is 2.08. The first kappa shape index (κ1) is 17.9. The van der Waals surface area contributed by atoms with Gasteiger partial charge in [-0.15, -0.1) is 0 Å². The van der Waals surface area contributed by atoms with E-state index in [1.807, 2.05) is 18.2 Å². The second-order valence-corrected chi connectivity index (χ2v) is 6.28. The molecule has 1 amide bonds. The van der Waals surface area contributed by atoms with Crippen molar-refractivity contribution in [2.75, 3.05) is 18.9 Å². The number of carbonyl (C=O) groups is 1. The van der Waals surface area contributed by atoms with E-state index in [1.165, 1.54) is 12.5 Å². The number of carbonyl (C=O) groups excluding carboxylic acids is 1. The second kappa shape index (κ2) is 8.45. The van der Waals surface area contributed by atoms with Gasteiger partial charge in [0.1, 0.15) is 6.33 Å². The van der Waals surface area contributed by atoms with Gasteiger partial charge in [-0.2, -0.15) is 0 Å². The standard InChI is InChI=1S/C20H22N4O2/c1-14-18(12-22-13-24-14)20(25)23-11-16-3-5-19(21)17(10-16)4-2-15-6-8-26-9-7-15/h3,5,10,12-13,15H,6-9,11,21H2,1H3,(H,23,25). The number of nitrogens with zero attached hydrogens (tertiary/aromatic N) is 2. The van der Waals surface area contributed by atoms with Gasteiger partial charge >= 0.3 is 0 Å². The summed E-state index contributed by atoms with van der Waals surface area (Å²) in [6.07, 6.45) is 4.86. The van der Waals surface area contributed by atoms with E-state index in [9.17, 15) is 4.79 Å². The maximum absolute atomic E-state index is 12.3. The molecule has 0 spiro atoms. The summed E-state index contributed by atoms with van der Waals surface area (Å²) in [5.41, 5.74) is 9.55. The Kier molecular flexibility index (Phi) is 5.82. The van der Waals surface area contributed by atoms with Gasteiger partial charge in [-0.05, 0) is 37.5 Å². The molecule has 0 atom stereocenters. The van der Waals surface area contributed by atoms with Crippen LogP contribution in [0.1, 0.15) is 40.0 Å². The van der Waals surface area contributed by atoms with Crippen LogP contribution in [0, 0.1) is 24.7 Å². The molecule has 0 aliphatic carbocycles. The van der Waals surface area contributed by atoms with Crippen molar-refractivity contribution in [3.63, 3.8) is 0 Å². The van der Waals surface area contributed by atoms with E-state index in [1.54, 1.807) is 6.92 Å². The molecule has 0 saturated carbocycles. The highest BCUT2D eigenvalue weighted by atomic mass is 16.5. The minimum Gasteiger partial charge on any atom is -0.398 e. The number of rotatable bonds is 3. The fourth-order valence-electron chi connectivity index (χ4n) is 2.73. The summed E-state index contributed by atoms with van der Waals surface area (Å²) in [7, 11) is 0. The first-order valence-corrected chi connectivity index (χ1v) is 8.66. The molecular formula is C20H22N4O2. The molecule has 2 heterocycles. The van der Waals surface area contributed by atoms with Gasteiger partial charge in [-0.3, -0.25) is 4.79 Å². The van der Waals surface area contributed by atoms with Gasteiger partial charge in [0.25, 0.3) is 5.91 Å². The SMILES string of the molecule is Cc1ncncc1C(=O)NCc1ccc(N)c(C#CC2CCOCC2)c1. The van der Waals surface area contributed by atoms with Crippen LogP contribution in [0.15, 0.2) is 30.7 Å². The highest BCUT2D eigenvalue weighted by molar-refractivity contribution is 5.94. The molecule has 1 aliphatic rings. The summed E-state index contributed by atoms with van der Waals surface area (Å²) in [4.78, 5) is 20.2. The van der Waals surface area contributed by atoms with E-state index in [4.69, 9.17) is 10.5 Å². The van der Waals surface area contributed by atoms with E-state index in [-0.39, 0.29) is 5.91 Å². The maximum Gasteiger partial charge on any atom is 0.254 e. The highest BCUT2D eigenvalue weighted by Gasteiger charge is 2.11. The van der Waals surface area contributed by atoms with Crippen LogP contribution in [-0.4, -0.2) is 29.1 Å². The van der Waals surface area contributed by atoms with Crippen LogP contribution in [-0.2, 0) is 11.3 Å². The number of aromatic nitrogens is 2. The number of amides is 1. The van der Waals surface area contributed by atoms with Gasteiger partial charge in [0.05, 0.1) is 11.3 Å². The van der Waals surface area contributed by atoms with Gasteiger partial charge in [-0.1, -0.05) is 17.9 Å². The molecule has 1 saturated heterocycles. The number of nitrogen functional groups attached to an aromatic ring is 1. The normalized spacial score (nSPS) is 14.3. The fourth-order valence-corrected chi connectivity index (χ4v) is 2.73. The van der Waals surface area contributed by atoms with Crippen molar-refractivity contribution in [1.82, 2.24) is 15.3 Å². The molecule has 3 rings (SSSR count). The zero-order valence-corrected chi connectivity index (χ0v) is 14.8. The van der Waals surface area contributed by atoms with Crippen LogP contribution in [0.2, 0.25) is 0 Å². The third-order valence-electron chi connectivity index (χ3n) is 4.36. The van der Waals surface area contributed by atoms with Crippen LogP contribution in [0.4, 0.5) is 5.69 Å². The van der Waals surface area contributed by atoms with Crippen molar-refractivity contribution in [3.8, 4) is 11.8 Å². The Labute approximate surface area is 153 Å². The van der Waals surface area contributed by atoms with Gasteiger partial charge in [-0.25, -0.2) is 9.97 Å². The Morgan fingerprint density at radius 1 is 1.38 bits per heavy atom. The van der Waals surface area contributed by atoms with Crippen molar-refractivity contribution >= 4 is 11.6 Å². The lowest BCUT2D eigenvalue weighted by atomic mass is 10.00. The van der Waals surface area contributed by atoms with Crippen LogP contribution >= 0.6 is 0 Å². The Hall–Kier alpha value is -2.91. The minimum atomic E-state index is -0.199. The van der Waals surface area contributed by atoms with E-state index >= 15 is 0 Å². The van der Waals surface area contributed by atoms with Gasteiger partial charge < -0.3 is 15.8 Å². The molecular weight excluding hydrogens is 328 g/mol. The zero-order chi connectivity index (χ0) is 18.4. The van der Waals surface area contributed by atoms with Crippen molar-refractivity contribution in [1.29, 1.82) is 0 Å². The fraction of sp³-hybridized carbons (Fsp3) is 0.350. The van der Waals surface area contributed by atoms with Crippen molar-refractivity contribution in [2.24, 2.45) is 5.92 Å². The summed E-state index contributed by atoms with van der Waals surface area (Å²) < 4.78 is 5.35. The van der Waals surface area contributed by atoms with Crippen molar-refractivity contribution in [3.05, 3.63) is 53.1 Å². The first-order valence-electron chi connectivity index (χ1n) is 8.66. The summed E-state index contributed by atoms with van der Waals surface area (Å²) in [5, 5.41) is 2.88. The lowest BCUT2D eigenvalue weighted by Gasteiger charge is -2.16. The number of hydrogen-bond acceptors (Lipinski definition) is 5. The molecule has 3 N–H and O–H groups in total. The molecule has 134 valence electrons. The average Bonchev–Trinajstić information content (AvgIpc) is 2.67. The van der Waals surface area contributed by atoms with E-state index in [2.05, 4.69) is 27.1 Å². The zero-order valence-electron chi connectivity index (χ0n) is 14.8. The monoisotopic (exact) mass is 350 g/mol. The van der Waals surface area contributed by atoms with Crippen molar-refractivity contribution in [2.45, 2.75) is 26.3 Å². The quantitative estimate of drug-likeness (QED) is 0.653. The Bertz CT molecular complexity index is 848. The first-order chi connectivity index (χ1) is 12.6. The molecule has 1 aliphatic heterocycles. The number of anilines is 1. The average molecular weight is 350 g/mol. The lowest BCUT2D eigenvalue weighted by molar-refractivity contribution is 0.0807. The molecule has 6 nitrogen and oxygen atoms in total. The molecule has 1 fully saturated rings. The number of aryl methyl sites for hydroxylation is 1.